The number of aromatic nitrogens is 4. The van der Waals surface area contributed by atoms with Crippen LogP contribution in [0, 0.1) is 5.82 Å². The summed E-state index contributed by atoms with van der Waals surface area (Å²) >= 11 is 0. The average Bonchev–Trinajstić information content (AvgIpc) is 3.34. The van der Waals surface area contributed by atoms with Crippen LogP contribution in [0.15, 0.2) is 48.9 Å². The summed E-state index contributed by atoms with van der Waals surface area (Å²) in [6, 6.07) is 7.63. The zero-order valence-electron chi connectivity index (χ0n) is 18.1. The van der Waals surface area contributed by atoms with Crippen LogP contribution in [-0.2, 0) is 10.3 Å². The molecule has 1 fully saturated rings. The Bertz CT molecular complexity index is 1420. The highest BCUT2D eigenvalue weighted by atomic mass is 19.3. The van der Waals surface area contributed by atoms with Crippen molar-refractivity contribution in [2.45, 2.75) is 30.7 Å². The summed E-state index contributed by atoms with van der Waals surface area (Å²) in [4.78, 5) is 12.8. The molecule has 0 radical (unpaired) electrons. The summed E-state index contributed by atoms with van der Waals surface area (Å²) in [5, 5.41) is 21.0. The van der Waals surface area contributed by atoms with Gasteiger partial charge in [-0.2, -0.15) is 8.78 Å². The van der Waals surface area contributed by atoms with Crippen LogP contribution in [0.5, 0.6) is 5.75 Å². The monoisotopic (exact) mass is 484 g/mol. The number of alkyl halides is 2. The van der Waals surface area contributed by atoms with E-state index < -0.39 is 30.1 Å². The Morgan fingerprint density at radius 3 is 2.60 bits per heavy atom. The number of rotatable bonds is 5. The summed E-state index contributed by atoms with van der Waals surface area (Å²) < 4.78 is 52.4. The van der Waals surface area contributed by atoms with E-state index >= 15 is 4.39 Å². The van der Waals surface area contributed by atoms with Gasteiger partial charge in [0, 0.05) is 47.3 Å². The zero-order chi connectivity index (χ0) is 24.3. The molecule has 1 aliphatic heterocycles. The van der Waals surface area contributed by atoms with Crippen LogP contribution in [0.1, 0.15) is 41.2 Å². The maximum absolute atomic E-state index is 15.1. The van der Waals surface area contributed by atoms with Gasteiger partial charge in [-0.25, -0.2) is 19.3 Å². The van der Waals surface area contributed by atoms with Crippen LogP contribution in [0.4, 0.5) is 13.2 Å². The third-order valence-corrected chi connectivity index (χ3v) is 6.45. The first kappa shape index (κ1) is 22.0. The van der Waals surface area contributed by atoms with Gasteiger partial charge in [0.05, 0.1) is 30.7 Å². The van der Waals surface area contributed by atoms with Crippen LogP contribution in [0.2, 0.25) is 0 Å². The highest BCUT2D eigenvalue weighted by Gasteiger charge is 2.41. The molecule has 1 aromatic carbocycles. The number of pyridine rings is 1. The predicted octanol–water partition coefficient (Wildman–Crippen LogP) is 3.32. The van der Waals surface area contributed by atoms with E-state index in [1.165, 1.54) is 30.7 Å². The molecule has 2 atom stereocenters. The number of fused-ring (bicyclic) bond motifs is 3. The normalized spacial score (nSPS) is 20.7. The minimum atomic E-state index is -3.00. The standard InChI is InChI=1S/C24H19F3N4O4/c25-16-6-19-30-20-17(32)5-14(13-3-1-2-4-18(13)35-23(26)27)21(20)31(19)9-15(16)12-7-28-22(29-8-12)24(33)10-34-11-24/h1-4,6-9,14,17,23,32-33H,5,10-11H2/t14-,17-/m1/s1. The maximum atomic E-state index is 15.1. The number of para-hydroxylation sites is 1. The van der Waals surface area contributed by atoms with Gasteiger partial charge in [-0.1, -0.05) is 18.2 Å². The van der Waals surface area contributed by atoms with Gasteiger partial charge in [0.2, 0.25) is 0 Å². The largest absolute Gasteiger partial charge is 0.435 e. The Kier molecular flexibility index (Phi) is 5.02. The number of hydrogen-bond acceptors (Lipinski definition) is 7. The molecule has 0 unspecified atom stereocenters. The topological polar surface area (TPSA) is 102 Å². The Balaban J connectivity index is 1.45. The van der Waals surface area contributed by atoms with E-state index in [9.17, 15) is 19.0 Å². The van der Waals surface area contributed by atoms with E-state index in [4.69, 9.17) is 9.47 Å². The van der Waals surface area contributed by atoms with Crippen molar-refractivity contribution in [2.24, 2.45) is 0 Å². The maximum Gasteiger partial charge on any atom is 0.387 e. The molecule has 180 valence electrons. The average molecular weight is 484 g/mol. The molecule has 0 spiro atoms. The number of nitrogens with zero attached hydrogens (tertiary/aromatic N) is 4. The van der Waals surface area contributed by atoms with E-state index in [0.717, 1.165) is 0 Å². The fourth-order valence-corrected chi connectivity index (χ4v) is 4.73. The molecule has 11 heteroatoms. The van der Waals surface area contributed by atoms with Crippen molar-refractivity contribution < 1.29 is 32.9 Å². The zero-order valence-corrected chi connectivity index (χ0v) is 18.1. The molecule has 0 bridgehead atoms. The van der Waals surface area contributed by atoms with E-state index in [-0.39, 0.29) is 42.4 Å². The number of hydrogen-bond donors (Lipinski definition) is 2. The summed E-state index contributed by atoms with van der Waals surface area (Å²) in [6.07, 6.45) is 3.62. The van der Waals surface area contributed by atoms with Crippen LogP contribution < -0.4 is 4.74 Å². The minimum Gasteiger partial charge on any atom is -0.435 e. The number of benzene rings is 1. The lowest BCUT2D eigenvalue weighted by Gasteiger charge is -2.34. The fourth-order valence-electron chi connectivity index (χ4n) is 4.73. The smallest absolute Gasteiger partial charge is 0.387 e. The molecule has 2 aliphatic rings. The molecule has 1 saturated heterocycles. The Hall–Kier alpha value is -3.54. The Labute approximate surface area is 196 Å². The highest BCUT2D eigenvalue weighted by Crippen LogP contribution is 2.47. The molecule has 8 nitrogen and oxygen atoms in total. The highest BCUT2D eigenvalue weighted by molar-refractivity contribution is 5.65. The summed E-state index contributed by atoms with van der Waals surface area (Å²) in [5.41, 5.74) is 0.972. The van der Waals surface area contributed by atoms with Gasteiger partial charge in [-0.3, -0.25) is 0 Å². The second-order valence-corrected chi connectivity index (χ2v) is 8.69. The number of ether oxygens (including phenoxy) is 2. The van der Waals surface area contributed by atoms with E-state index in [2.05, 4.69) is 15.0 Å². The molecule has 0 saturated carbocycles. The quantitative estimate of drug-likeness (QED) is 0.448. The van der Waals surface area contributed by atoms with Crippen LogP contribution in [0.3, 0.4) is 0 Å². The van der Waals surface area contributed by atoms with Crippen molar-refractivity contribution in [1.82, 2.24) is 19.4 Å². The molecule has 35 heavy (non-hydrogen) atoms. The van der Waals surface area contributed by atoms with E-state index in [0.29, 0.717) is 22.5 Å². The lowest BCUT2D eigenvalue weighted by molar-refractivity contribution is -0.189. The number of aliphatic hydroxyl groups excluding tert-OH is 1. The second kappa shape index (κ2) is 8.01. The minimum absolute atomic E-state index is 0.00623. The number of halogens is 3. The Morgan fingerprint density at radius 2 is 1.91 bits per heavy atom. The second-order valence-electron chi connectivity index (χ2n) is 8.69. The first-order chi connectivity index (χ1) is 16.8. The molecule has 2 N–H and O–H groups in total. The molecule has 3 aromatic heterocycles. The van der Waals surface area contributed by atoms with Gasteiger partial charge in [0.1, 0.15) is 17.2 Å². The lowest BCUT2D eigenvalue weighted by Crippen LogP contribution is -2.47. The lowest BCUT2D eigenvalue weighted by atomic mass is 9.95. The van der Waals surface area contributed by atoms with Gasteiger partial charge in [0.15, 0.2) is 11.4 Å². The van der Waals surface area contributed by atoms with Crippen molar-refractivity contribution in [1.29, 1.82) is 0 Å². The van der Waals surface area contributed by atoms with Crippen LogP contribution in [-0.4, -0.2) is 49.4 Å². The summed E-state index contributed by atoms with van der Waals surface area (Å²) in [6.45, 7) is -2.82. The van der Waals surface area contributed by atoms with Gasteiger partial charge < -0.3 is 24.1 Å². The fraction of sp³-hybridized carbons (Fsp3) is 0.292. The molecule has 4 heterocycles. The van der Waals surface area contributed by atoms with Crippen molar-refractivity contribution in [3.05, 3.63) is 77.5 Å². The third-order valence-electron chi connectivity index (χ3n) is 6.45. The van der Waals surface area contributed by atoms with Crippen molar-refractivity contribution >= 4 is 5.65 Å². The molecule has 4 aromatic rings. The molecule has 1 aliphatic carbocycles. The first-order valence-electron chi connectivity index (χ1n) is 10.9. The van der Waals surface area contributed by atoms with Gasteiger partial charge >= 0.3 is 6.61 Å². The summed E-state index contributed by atoms with van der Waals surface area (Å²) in [7, 11) is 0. The van der Waals surface area contributed by atoms with E-state index in [1.807, 2.05) is 0 Å². The van der Waals surface area contributed by atoms with Gasteiger partial charge in [-0.05, 0) is 12.5 Å². The van der Waals surface area contributed by atoms with Crippen molar-refractivity contribution in [2.75, 3.05) is 13.2 Å². The third kappa shape index (κ3) is 3.54. The first-order valence-corrected chi connectivity index (χ1v) is 10.9. The molecular weight excluding hydrogens is 465 g/mol. The predicted molar refractivity (Wildman–Crippen MR) is 115 cm³/mol. The van der Waals surface area contributed by atoms with Crippen molar-refractivity contribution in [3.63, 3.8) is 0 Å². The van der Waals surface area contributed by atoms with Crippen molar-refractivity contribution in [3.8, 4) is 16.9 Å². The number of imidazole rings is 1. The summed E-state index contributed by atoms with van der Waals surface area (Å²) in [5.74, 6) is -0.881. The SMILES string of the molecule is O[C@@H]1C[C@H](c2ccccc2OC(F)F)c2c1nc1cc(F)c(-c3cnc(C4(O)COC4)nc3)cn21. The van der Waals surface area contributed by atoms with Gasteiger partial charge in [-0.15, -0.1) is 0 Å². The molecule has 0 amide bonds. The van der Waals surface area contributed by atoms with Gasteiger partial charge in [0.25, 0.3) is 0 Å². The Morgan fingerprint density at radius 1 is 1.17 bits per heavy atom. The molecule has 6 rings (SSSR count). The van der Waals surface area contributed by atoms with Crippen LogP contribution in [0.25, 0.3) is 16.8 Å². The van der Waals surface area contributed by atoms with Crippen LogP contribution >= 0.6 is 0 Å². The number of aliphatic hydroxyl groups is 2. The molecular formula is C24H19F3N4O4. The van der Waals surface area contributed by atoms with E-state index in [1.54, 1.807) is 22.6 Å².